The Morgan fingerprint density at radius 2 is 2.31 bits per heavy atom. The van der Waals surface area contributed by atoms with Crippen LogP contribution in [0.1, 0.15) is 42.7 Å². The van der Waals surface area contributed by atoms with Crippen LogP contribution in [0.5, 0.6) is 0 Å². The number of hydrogen-bond acceptors (Lipinski definition) is 2. The van der Waals surface area contributed by atoms with Crippen molar-refractivity contribution in [2.24, 2.45) is 5.92 Å². The van der Waals surface area contributed by atoms with Gasteiger partial charge in [0.1, 0.15) is 0 Å². The summed E-state index contributed by atoms with van der Waals surface area (Å²) in [6.45, 7) is 0. The molecule has 3 nitrogen and oxygen atoms in total. The minimum absolute atomic E-state index is 0.164. The van der Waals surface area contributed by atoms with Crippen LogP contribution in [0.2, 0.25) is 0 Å². The molecule has 13 heavy (non-hydrogen) atoms. The summed E-state index contributed by atoms with van der Waals surface area (Å²) in [6, 6.07) is 0. The van der Waals surface area contributed by atoms with E-state index < -0.39 is 0 Å². The van der Waals surface area contributed by atoms with E-state index >= 15 is 0 Å². The van der Waals surface area contributed by atoms with Gasteiger partial charge in [-0.1, -0.05) is 25.7 Å². The highest BCUT2D eigenvalue weighted by molar-refractivity contribution is 5.92. The summed E-state index contributed by atoms with van der Waals surface area (Å²) in [4.78, 5) is 18.4. The van der Waals surface area contributed by atoms with Crippen LogP contribution < -0.4 is 0 Å². The molecule has 1 aromatic heterocycles. The lowest BCUT2D eigenvalue weighted by molar-refractivity contribution is 0.0953. The summed E-state index contributed by atoms with van der Waals surface area (Å²) in [6.07, 6.45) is 9.00. The number of carbonyl (C=O) groups is 1. The van der Waals surface area contributed by atoms with Crippen LogP contribution in [0.15, 0.2) is 12.4 Å². The van der Waals surface area contributed by atoms with Crippen molar-refractivity contribution in [2.45, 2.75) is 32.1 Å². The zero-order valence-electron chi connectivity index (χ0n) is 7.62. The third kappa shape index (κ3) is 1.97. The first-order valence-electron chi connectivity index (χ1n) is 4.89. The number of nitrogens with one attached hydrogen (secondary N) is 1. The molecule has 0 spiro atoms. The lowest BCUT2D eigenvalue weighted by atomic mass is 10.0. The van der Waals surface area contributed by atoms with Gasteiger partial charge in [-0.05, 0) is 5.92 Å². The molecule has 1 N–H and O–H groups in total. The number of imidazole rings is 1. The van der Waals surface area contributed by atoms with Crippen molar-refractivity contribution in [3.8, 4) is 0 Å². The molecule has 0 bridgehead atoms. The van der Waals surface area contributed by atoms with Gasteiger partial charge >= 0.3 is 0 Å². The second-order valence-electron chi connectivity index (χ2n) is 3.72. The van der Waals surface area contributed by atoms with Crippen molar-refractivity contribution in [3.05, 3.63) is 18.2 Å². The largest absolute Gasteiger partial charge is 0.342 e. The summed E-state index contributed by atoms with van der Waals surface area (Å²) in [5.74, 6) is 1.29. The quantitative estimate of drug-likeness (QED) is 0.721. The van der Waals surface area contributed by atoms with Crippen LogP contribution in [0.25, 0.3) is 0 Å². The van der Waals surface area contributed by atoms with E-state index in [0.29, 0.717) is 18.2 Å². The molecule has 0 atom stereocenters. The first-order chi connectivity index (χ1) is 6.36. The van der Waals surface area contributed by atoms with E-state index in [-0.39, 0.29) is 5.78 Å². The highest BCUT2D eigenvalue weighted by atomic mass is 16.1. The fraction of sp³-hybridized carbons (Fsp3) is 0.600. The summed E-state index contributed by atoms with van der Waals surface area (Å²) >= 11 is 0. The summed E-state index contributed by atoms with van der Waals surface area (Å²) < 4.78 is 0. The summed E-state index contributed by atoms with van der Waals surface area (Å²) in [5.41, 5.74) is 0. The van der Waals surface area contributed by atoms with Crippen molar-refractivity contribution < 1.29 is 4.79 Å². The van der Waals surface area contributed by atoms with Crippen LogP contribution in [0.4, 0.5) is 0 Å². The molecule has 0 amide bonds. The summed E-state index contributed by atoms with van der Waals surface area (Å²) in [5, 5.41) is 0. The van der Waals surface area contributed by atoms with Crippen molar-refractivity contribution in [3.63, 3.8) is 0 Å². The molecule has 2 rings (SSSR count). The molecule has 1 saturated carbocycles. The number of hydrogen-bond donors (Lipinski definition) is 1. The monoisotopic (exact) mass is 178 g/mol. The van der Waals surface area contributed by atoms with Gasteiger partial charge in [0.15, 0.2) is 11.6 Å². The van der Waals surface area contributed by atoms with Crippen LogP contribution in [0, 0.1) is 5.92 Å². The molecule has 0 radical (unpaired) electrons. The Morgan fingerprint density at radius 3 is 2.92 bits per heavy atom. The Hall–Kier alpha value is -1.12. The van der Waals surface area contributed by atoms with Crippen LogP contribution in [0.3, 0.4) is 0 Å². The fourth-order valence-electron chi connectivity index (χ4n) is 1.99. The maximum atomic E-state index is 11.6. The third-order valence-electron chi connectivity index (χ3n) is 2.71. The molecule has 70 valence electrons. The van der Waals surface area contributed by atoms with Gasteiger partial charge in [-0.15, -0.1) is 0 Å². The van der Waals surface area contributed by atoms with Gasteiger partial charge in [-0.3, -0.25) is 4.79 Å². The average Bonchev–Trinajstić information content (AvgIpc) is 2.74. The smallest absolute Gasteiger partial charge is 0.198 e. The van der Waals surface area contributed by atoms with E-state index in [2.05, 4.69) is 9.97 Å². The number of nitrogens with zero attached hydrogens (tertiary/aromatic N) is 1. The Labute approximate surface area is 77.6 Å². The molecule has 1 fully saturated rings. The number of Topliss-reactive ketones (excluding diaryl/α,β-unsaturated/α-hetero) is 1. The van der Waals surface area contributed by atoms with Crippen LogP contribution in [-0.4, -0.2) is 15.8 Å². The highest BCUT2D eigenvalue weighted by Crippen LogP contribution is 2.28. The SMILES string of the molecule is O=C(CC1CCCC1)c1ncc[nH]1. The molecule has 0 aromatic carbocycles. The molecule has 1 aromatic rings. The first kappa shape index (κ1) is 8.48. The molecule has 3 heteroatoms. The topological polar surface area (TPSA) is 45.8 Å². The van der Waals surface area contributed by atoms with Gasteiger partial charge in [-0.2, -0.15) is 0 Å². The molecular weight excluding hydrogens is 164 g/mol. The van der Waals surface area contributed by atoms with Crippen LogP contribution in [-0.2, 0) is 0 Å². The zero-order valence-corrected chi connectivity index (χ0v) is 7.62. The van der Waals surface area contributed by atoms with Gasteiger partial charge in [0.2, 0.25) is 0 Å². The van der Waals surface area contributed by atoms with Gasteiger partial charge in [0.05, 0.1) is 0 Å². The molecule has 1 aliphatic carbocycles. The minimum atomic E-state index is 0.164. The standard InChI is InChI=1S/C10H14N2O/c13-9(10-11-5-6-12-10)7-8-3-1-2-4-8/h5-6,8H,1-4,7H2,(H,11,12). The number of aromatic amines is 1. The third-order valence-corrected chi connectivity index (χ3v) is 2.71. The van der Waals surface area contributed by atoms with Crippen LogP contribution >= 0.6 is 0 Å². The number of H-pyrrole nitrogens is 1. The van der Waals surface area contributed by atoms with E-state index in [9.17, 15) is 4.79 Å². The molecular formula is C10H14N2O. The van der Waals surface area contributed by atoms with E-state index in [1.54, 1.807) is 12.4 Å². The molecule has 0 aliphatic heterocycles. The van der Waals surface area contributed by atoms with Gasteiger partial charge < -0.3 is 4.98 Å². The number of aromatic nitrogens is 2. The van der Waals surface area contributed by atoms with Crippen molar-refractivity contribution in [1.82, 2.24) is 9.97 Å². The second kappa shape index (κ2) is 3.73. The minimum Gasteiger partial charge on any atom is -0.342 e. The van der Waals surface area contributed by atoms with Crippen molar-refractivity contribution in [1.29, 1.82) is 0 Å². The molecule has 0 saturated heterocycles. The van der Waals surface area contributed by atoms with Gasteiger partial charge in [-0.25, -0.2) is 4.98 Å². The Kier molecular flexibility index (Phi) is 2.43. The van der Waals surface area contributed by atoms with Crippen molar-refractivity contribution >= 4 is 5.78 Å². The highest BCUT2D eigenvalue weighted by Gasteiger charge is 2.19. The summed E-state index contributed by atoms with van der Waals surface area (Å²) in [7, 11) is 0. The fourth-order valence-corrected chi connectivity index (χ4v) is 1.99. The molecule has 0 unspecified atom stereocenters. The van der Waals surface area contributed by atoms with E-state index in [4.69, 9.17) is 0 Å². The lowest BCUT2D eigenvalue weighted by Gasteiger charge is -2.04. The Bertz CT molecular complexity index is 273. The number of ketones is 1. The number of rotatable bonds is 3. The average molecular weight is 178 g/mol. The Balaban J connectivity index is 1.91. The van der Waals surface area contributed by atoms with Gasteiger partial charge in [0.25, 0.3) is 0 Å². The normalized spacial score (nSPS) is 17.8. The first-order valence-corrected chi connectivity index (χ1v) is 4.89. The maximum Gasteiger partial charge on any atom is 0.198 e. The lowest BCUT2D eigenvalue weighted by Crippen LogP contribution is -2.07. The van der Waals surface area contributed by atoms with Gasteiger partial charge in [0, 0.05) is 18.8 Å². The van der Waals surface area contributed by atoms with E-state index in [1.165, 1.54) is 25.7 Å². The zero-order chi connectivity index (χ0) is 9.10. The number of carbonyl (C=O) groups excluding carboxylic acids is 1. The van der Waals surface area contributed by atoms with E-state index in [1.807, 2.05) is 0 Å². The Morgan fingerprint density at radius 1 is 1.54 bits per heavy atom. The predicted octanol–water partition coefficient (Wildman–Crippen LogP) is 2.17. The molecule has 1 heterocycles. The maximum absolute atomic E-state index is 11.6. The molecule has 1 aliphatic rings. The van der Waals surface area contributed by atoms with Crippen molar-refractivity contribution in [2.75, 3.05) is 0 Å². The van der Waals surface area contributed by atoms with E-state index in [0.717, 1.165) is 0 Å². The predicted molar refractivity (Wildman–Crippen MR) is 49.5 cm³/mol. The second-order valence-corrected chi connectivity index (χ2v) is 3.72.